The Morgan fingerprint density at radius 2 is 1.04 bits per heavy atom. The number of unbranched alkanes of at least 4 members (excludes halogenated alkanes) is 8. The molecule has 0 atom stereocenters. The van der Waals surface area contributed by atoms with Crippen molar-refractivity contribution in [2.24, 2.45) is 0 Å². The molecule has 0 bridgehead atoms. The van der Waals surface area contributed by atoms with Gasteiger partial charge in [0.25, 0.3) is 0 Å². The van der Waals surface area contributed by atoms with Crippen LogP contribution in [0, 0.1) is 0 Å². The van der Waals surface area contributed by atoms with Crippen molar-refractivity contribution in [2.45, 2.75) is 70.4 Å². The third-order valence-corrected chi connectivity index (χ3v) is 6.07. The highest BCUT2D eigenvalue weighted by molar-refractivity contribution is 7.44. The Morgan fingerprint density at radius 1 is 0.609 bits per heavy atom. The maximum atomic E-state index is 6.09. The van der Waals surface area contributed by atoms with Gasteiger partial charge in [0.15, 0.2) is 0 Å². The summed E-state index contributed by atoms with van der Waals surface area (Å²) < 4.78 is 15.8. The molecule has 0 amide bonds. The van der Waals surface area contributed by atoms with Crippen LogP contribution in [0.15, 0.2) is 0 Å². The van der Waals surface area contributed by atoms with Crippen LogP contribution in [0.25, 0.3) is 0 Å². The minimum atomic E-state index is -1.85. The van der Waals surface area contributed by atoms with Crippen LogP contribution < -0.4 is 0 Å². The molecule has 140 valence electrons. The van der Waals surface area contributed by atoms with Crippen LogP contribution in [0.1, 0.15) is 57.8 Å². The number of hydrogen-bond donors (Lipinski definition) is 0. The molecule has 3 nitrogen and oxygen atoms in total. The Bertz CT molecular complexity index is 238. The molecule has 0 radical (unpaired) electrons. The average molecular weight is 387 g/mol. The van der Waals surface area contributed by atoms with E-state index in [9.17, 15) is 0 Å². The predicted molar refractivity (Wildman–Crippen MR) is 103 cm³/mol. The van der Waals surface area contributed by atoms with Gasteiger partial charge in [-0.25, -0.2) is 0 Å². The highest BCUT2D eigenvalue weighted by Gasteiger charge is 2.19. The van der Waals surface area contributed by atoms with Gasteiger partial charge in [-0.05, 0) is 19.0 Å². The first-order chi connectivity index (χ1) is 11.1. The van der Waals surface area contributed by atoms with Crippen LogP contribution >= 0.6 is 22.2 Å². The molecule has 0 N–H and O–H groups in total. The summed E-state index contributed by atoms with van der Waals surface area (Å²) in [5, 5.41) is 0. The molecular formula is C17H36Cl2O3Si. The zero-order valence-corrected chi connectivity index (χ0v) is 17.6. The fraction of sp³-hybridized carbons (Fsp3) is 1.00. The molecule has 23 heavy (non-hydrogen) atoms. The second kappa shape index (κ2) is 17.5. The van der Waals surface area contributed by atoms with Crippen LogP contribution in [0.2, 0.25) is 12.6 Å². The van der Waals surface area contributed by atoms with E-state index in [1.807, 2.05) is 6.55 Å². The highest BCUT2D eigenvalue weighted by atomic mass is 35.7. The van der Waals surface area contributed by atoms with E-state index in [4.69, 9.17) is 36.4 Å². The highest BCUT2D eigenvalue weighted by Crippen LogP contribution is 2.23. The molecule has 0 saturated heterocycles. The fourth-order valence-electron chi connectivity index (χ4n) is 2.34. The summed E-state index contributed by atoms with van der Waals surface area (Å²) in [5.41, 5.74) is 0. The first-order valence-corrected chi connectivity index (χ1v) is 13.8. The largest absolute Gasteiger partial charge is 0.382 e. The van der Waals surface area contributed by atoms with Crippen molar-refractivity contribution < 1.29 is 14.2 Å². The second-order valence-corrected chi connectivity index (χ2v) is 14.4. The van der Waals surface area contributed by atoms with E-state index in [0.29, 0.717) is 26.4 Å². The van der Waals surface area contributed by atoms with Gasteiger partial charge in [-0.15, -0.1) is 22.2 Å². The minimum absolute atomic E-state index is 0.652. The lowest BCUT2D eigenvalue weighted by atomic mass is 10.1. The topological polar surface area (TPSA) is 27.7 Å². The number of halogens is 2. The Kier molecular flexibility index (Phi) is 18.0. The molecule has 0 aliphatic rings. The van der Waals surface area contributed by atoms with Crippen LogP contribution in [0.4, 0.5) is 0 Å². The summed E-state index contributed by atoms with van der Waals surface area (Å²) in [7, 11) is 1.68. The zero-order chi connectivity index (χ0) is 17.2. The fourth-order valence-corrected chi connectivity index (χ4v) is 4.01. The van der Waals surface area contributed by atoms with Crippen molar-refractivity contribution >= 4 is 28.9 Å². The zero-order valence-electron chi connectivity index (χ0n) is 15.1. The quantitative estimate of drug-likeness (QED) is 0.171. The molecule has 0 unspecified atom stereocenters. The van der Waals surface area contributed by atoms with Gasteiger partial charge in [0, 0.05) is 13.7 Å². The van der Waals surface area contributed by atoms with Crippen molar-refractivity contribution in [3.05, 3.63) is 0 Å². The summed E-state index contributed by atoms with van der Waals surface area (Å²) in [6, 6.07) is 1.04. The molecule has 0 spiro atoms. The summed E-state index contributed by atoms with van der Waals surface area (Å²) >= 11 is 12.2. The van der Waals surface area contributed by atoms with Crippen molar-refractivity contribution in [1.29, 1.82) is 0 Å². The van der Waals surface area contributed by atoms with Crippen molar-refractivity contribution in [2.75, 3.05) is 40.1 Å². The monoisotopic (exact) mass is 386 g/mol. The van der Waals surface area contributed by atoms with Gasteiger partial charge >= 0.3 is 0 Å². The van der Waals surface area contributed by atoms with Gasteiger partial charge in [0.05, 0.1) is 26.4 Å². The van der Waals surface area contributed by atoms with Crippen LogP contribution in [-0.4, -0.2) is 46.8 Å². The molecule has 0 rings (SSSR count). The maximum Gasteiger partial charge on any atom is 0.248 e. The van der Waals surface area contributed by atoms with Crippen molar-refractivity contribution in [1.82, 2.24) is 0 Å². The van der Waals surface area contributed by atoms with Gasteiger partial charge in [0.1, 0.15) is 0 Å². The second-order valence-electron chi connectivity index (χ2n) is 6.22. The molecule has 0 aromatic rings. The Morgan fingerprint density at radius 3 is 1.57 bits per heavy atom. The van der Waals surface area contributed by atoms with Crippen LogP contribution in [-0.2, 0) is 14.2 Å². The Hall–Kier alpha value is 0.677. The predicted octanol–water partition coefficient (Wildman–Crippen LogP) is 5.73. The molecule has 0 aromatic heterocycles. The van der Waals surface area contributed by atoms with E-state index >= 15 is 0 Å². The van der Waals surface area contributed by atoms with Crippen LogP contribution in [0.5, 0.6) is 0 Å². The number of ether oxygens (including phenoxy) is 3. The molecule has 0 aromatic carbocycles. The lowest BCUT2D eigenvalue weighted by Gasteiger charge is -2.09. The van der Waals surface area contributed by atoms with E-state index in [2.05, 4.69) is 0 Å². The van der Waals surface area contributed by atoms with E-state index in [1.54, 1.807) is 7.11 Å². The van der Waals surface area contributed by atoms with Crippen molar-refractivity contribution in [3.8, 4) is 0 Å². The summed E-state index contributed by atoms with van der Waals surface area (Å²) in [5.74, 6) is 0. The average Bonchev–Trinajstić information content (AvgIpc) is 2.49. The van der Waals surface area contributed by atoms with Gasteiger partial charge in [-0.3, -0.25) is 0 Å². The maximum absolute atomic E-state index is 6.09. The third kappa shape index (κ3) is 22.7. The Labute approximate surface area is 153 Å². The van der Waals surface area contributed by atoms with Gasteiger partial charge in [-0.1, -0.05) is 51.4 Å². The van der Waals surface area contributed by atoms with E-state index in [0.717, 1.165) is 19.1 Å². The molecule has 0 heterocycles. The smallest absolute Gasteiger partial charge is 0.248 e. The van der Waals surface area contributed by atoms with E-state index in [1.165, 1.54) is 51.4 Å². The van der Waals surface area contributed by atoms with E-state index < -0.39 is 6.69 Å². The van der Waals surface area contributed by atoms with Gasteiger partial charge in [0.2, 0.25) is 6.69 Å². The molecule has 0 aliphatic carbocycles. The van der Waals surface area contributed by atoms with Crippen LogP contribution in [0.3, 0.4) is 0 Å². The summed E-state index contributed by atoms with van der Waals surface area (Å²) in [6.45, 7) is 3.68. The normalized spacial score (nSPS) is 12.0. The van der Waals surface area contributed by atoms with Crippen molar-refractivity contribution in [3.63, 3.8) is 0 Å². The first-order valence-electron chi connectivity index (χ1n) is 9.08. The molecule has 0 aliphatic heterocycles. The lowest BCUT2D eigenvalue weighted by Crippen LogP contribution is -2.11. The van der Waals surface area contributed by atoms with E-state index in [-0.39, 0.29) is 0 Å². The number of rotatable bonds is 18. The number of methoxy groups -OCH3 is 1. The molecule has 0 saturated carbocycles. The number of hydrogen-bond acceptors (Lipinski definition) is 3. The Balaban J connectivity index is 3.00. The standard InChI is InChI=1S/C17H36Cl2O3Si/c1-20-13-14-22-16-15-21-12-10-8-6-4-3-5-7-9-11-17-23(2,18)19/h3-17H2,1-2H3. The molecule has 0 fully saturated rings. The lowest BCUT2D eigenvalue weighted by molar-refractivity contribution is 0.0239. The third-order valence-electron chi connectivity index (χ3n) is 3.71. The SMILES string of the molecule is COCCOCCOCCCCCCCCCCC[Si](C)(Cl)Cl. The van der Waals surface area contributed by atoms with Gasteiger partial charge < -0.3 is 14.2 Å². The minimum Gasteiger partial charge on any atom is -0.382 e. The summed E-state index contributed by atoms with van der Waals surface area (Å²) in [4.78, 5) is 0. The first kappa shape index (κ1) is 23.7. The summed E-state index contributed by atoms with van der Waals surface area (Å²) in [6.07, 6.45) is 11.6. The molecule has 6 heteroatoms. The van der Waals surface area contributed by atoms with Gasteiger partial charge in [-0.2, -0.15) is 0 Å². The molecular weight excluding hydrogens is 351 g/mol.